The van der Waals surface area contributed by atoms with E-state index in [-0.39, 0.29) is 23.5 Å². The monoisotopic (exact) mass is 618 g/mol. The Hall–Kier alpha value is -2.87. The number of phosphoric acid groups is 2. The van der Waals surface area contributed by atoms with Gasteiger partial charge >= 0.3 is 15.6 Å². The molecular weight excluding hydrogens is 594 g/mol. The van der Waals surface area contributed by atoms with Gasteiger partial charge in [-0.05, 0) is 6.07 Å². The summed E-state index contributed by atoms with van der Waals surface area (Å²) in [5.74, 6) is 0.133. The van der Waals surface area contributed by atoms with Crippen LogP contribution in [0.4, 0.5) is 11.8 Å². The second-order valence-electron chi connectivity index (χ2n) is 9.21. The molecule has 0 saturated carbocycles. The Kier molecular flexibility index (Phi) is 7.41. The molecule has 6 rings (SSSR count). The van der Waals surface area contributed by atoms with Crippen LogP contribution in [0.1, 0.15) is 12.6 Å². The van der Waals surface area contributed by atoms with Gasteiger partial charge < -0.3 is 35.4 Å². The van der Waals surface area contributed by atoms with E-state index in [9.17, 15) is 28.8 Å². The first-order valence-corrected chi connectivity index (χ1v) is 15.0. The van der Waals surface area contributed by atoms with Crippen molar-refractivity contribution in [3.05, 3.63) is 35.3 Å². The number of phosphoric ester groups is 2. The summed E-state index contributed by atoms with van der Waals surface area (Å²) in [5, 5.41) is 13.9. The minimum Gasteiger partial charge on any atom is -0.387 e. The average Bonchev–Trinajstić information content (AvgIpc) is 3.57. The Balaban J connectivity index is 1.28. The van der Waals surface area contributed by atoms with Crippen LogP contribution in [0, 0.1) is 0 Å². The molecule has 3 aliphatic rings. The van der Waals surface area contributed by atoms with Crippen molar-refractivity contribution in [2.45, 2.75) is 49.4 Å². The zero-order chi connectivity index (χ0) is 28.9. The normalized spacial score (nSPS) is 38.1. The molecule has 3 aromatic rings. The number of nitrogens with zero attached hydrogens (tertiary/aromatic N) is 5. The number of nitrogen functional groups attached to an aromatic ring is 1. The summed E-state index contributed by atoms with van der Waals surface area (Å²) >= 11 is 0. The lowest BCUT2D eigenvalue weighted by Crippen LogP contribution is -2.35. The van der Waals surface area contributed by atoms with E-state index in [1.165, 1.54) is 12.5 Å². The SMILES string of the molecule is Nc1nc2c(ncn2[C@@H]2O[C@@H]3COP(=O)(O)O[C@H]4C[C@H](Nc5ccncn5)O[C@@H]4COP(=O)(O)O[C@@H]2[C@@H]3O)c(=O)[nH]1. The fourth-order valence-corrected chi connectivity index (χ4v) is 6.55. The molecular formula is C19H24N8O12P2. The summed E-state index contributed by atoms with van der Waals surface area (Å²) < 4.78 is 59.5. The van der Waals surface area contributed by atoms with Gasteiger partial charge in [-0.3, -0.25) is 32.4 Å². The minimum absolute atomic E-state index is 0.00124. The highest BCUT2D eigenvalue weighted by molar-refractivity contribution is 7.47. The molecule has 3 aliphatic heterocycles. The maximum atomic E-state index is 13.0. The van der Waals surface area contributed by atoms with E-state index in [0.717, 1.165) is 10.9 Å². The number of nitrogens with two attached hydrogens (primary N) is 1. The molecule has 222 valence electrons. The average molecular weight is 618 g/mol. The van der Waals surface area contributed by atoms with Gasteiger partial charge in [-0.15, -0.1) is 0 Å². The van der Waals surface area contributed by atoms with Gasteiger partial charge in [-0.2, -0.15) is 4.98 Å². The standard InChI is InChI=1S/C19H24N8O12P2/c20-19-25-16-13(17(29)26-19)23-7-27(16)18-15-14(28)10(37-18)5-35-40(30,31)38-8-3-12(24-11-1-2-21-6-22-11)36-9(8)4-34-41(32,33)39-15/h1-2,6-10,12,14-15,18,28H,3-5H2,(H,30,31)(H,32,33)(H,21,22,24)(H3,20,25,26,29)/t8-,9+,10+,12+,14+,15+,18+/m0/s1. The highest BCUT2D eigenvalue weighted by atomic mass is 31.2. The van der Waals surface area contributed by atoms with Gasteiger partial charge in [0.25, 0.3) is 5.56 Å². The number of anilines is 2. The number of aliphatic hydroxyl groups is 1. The number of rotatable bonds is 3. The second kappa shape index (κ2) is 10.8. The third-order valence-electron chi connectivity index (χ3n) is 6.46. The molecule has 3 aromatic heterocycles. The molecule has 0 spiro atoms. The number of nitrogens with one attached hydrogen (secondary N) is 2. The van der Waals surface area contributed by atoms with Crippen molar-refractivity contribution in [1.29, 1.82) is 0 Å². The van der Waals surface area contributed by atoms with Gasteiger partial charge in [-0.1, -0.05) is 0 Å². The van der Waals surface area contributed by atoms with E-state index in [2.05, 4.69) is 30.2 Å². The Labute approximate surface area is 229 Å². The van der Waals surface area contributed by atoms with Crippen LogP contribution in [0.25, 0.3) is 11.2 Å². The smallest absolute Gasteiger partial charge is 0.387 e. The van der Waals surface area contributed by atoms with Crippen LogP contribution >= 0.6 is 15.6 Å². The van der Waals surface area contributed by atoms with Crippen LogP contribution in [-0.4, -0.2) is 94.3 Å². The lowest BCUT2D eigenvalue weighted by atomic mass is 10.1. The van der Waals surface area contributed by atoms with Crippen LogP contribution in [0.2, 0.25) is 0 Å². The Morgan fingerprint density at radius 2 is 1.83 bits per heavy atom. The predicted molar refractivity (Wildman–Crippen MR) is 133 cm³/mol. The van der Waals surface area contributed by atoms with Crippen molar-refractivity contribution in [3.63, 3.8) is 0 Å². The fourth-order valence-electron chi connectivity index (χ4n) is 4.65. The molecule has 20 nitrogen and oxygen atoms in total. The molecule has 0 radical (unpaired) electrons. The van der Waals surface area contributed by atoms with Gasteiger partial charge in [0.2, 0.25) is 5.95 Å². The van der Waals surface area contributed by atoms with Gasteiger partial charge in [0.15, 0.2) is 17.4 Å². The molecule has 2 bridgehead atoms. The zero-order valence-corrected chi connectivity index (χ0v) is 22.5. The molecule has 7 N–H and O–H groups in total. The third kappa shape index (κ3) is 5.90. The molecule has 0 amide bonds. The number of aliphatic hydroxyl groups excluding tert-OH is 1. The highest BCUT2D eigenvalue weighted by Gasteiger charge is 2.51. The maximum Gasteiger partial charge on any atom is 0.472 e. The lowest BCUT2D eigenvalue weighted by molar-refractivity contribution is -0.0618. The summed E-state index contributed by atoms with van der Waals surface area (Å²) in [6.45, 7) is -1.33. The molecule has 0 aromatic carbocycles. The minimum atomic E-state index is -4.96. The topological polar surface area (TPSA) is 278 Å². The first-order valence-electron chi connectivity index (χ1n) is 12.0. The van der Waals surface area contributed by atoms with E-state index in [1.807, 2.05) is 0 Å². The molecule has 9 atom stereocenters. The number of hydrogen-bond donors (Lipinski definition) is 6. The molecule has 2 unspecified atom stereocenters. The number of aromatic nitrogens is 6. The van der Waals surface area contributed by atoms with Crippen molar-refractivity contribution in [3.8, 4) is 0 Å². The van der Waals surface area contributed by atoms with E-state index in [1.54, 1.807) is 6.07 Å². The summed E-state index contributed by atoms with van der Waals surface area (Å²) in [6, 6.07) is 1.56. The summed E-state index contributed by atoms with van der Waals surface area (Å²) in [7, 11) is -9.76. The van der Waals surface area contributed by atoms with Gasteiger partial charge in [0.05, 0.1) is 19.5 Å². The quantitative estimate of drug-likeness (QED) is 0.192. The summed E-state index contributed by atoms with van der Waals surface area (Å²) in [5.41, 5.74) is 4.75. The van der Waals surface area contributed by atoms with Crippen molar-refractivity contribution in [1.82, 2.24) is 29.5 Å². The lowest BCUT2D eigenvalue weighted by Gasteiger charge is -2.25. The third-order valence-corrected chi connectivity index (χ3v) is 8.45. The van der Waals surface area contributed by atoms with Crippen molar-refractivity contribution < 1.29 is 51.6 Å². The number of hydrogen-bond acceptors (Lipinski definition) is 16. The van der Waals surface area contributed by atoms with E-state index in [4.69, 9.17) is 33.3 Å². The fraction of sp³-hybridized carbons (Fsp3) is 0.526. The van der Waals surface area contributed by atoms with Gasteiger partial charge in [-0.25, -0.2) is 24.1 Å². The summed E-state index contributed by atoms with van der Waals surface area (Å²) in [4.78, 5) is 51.3. The largest absolute Gasteiger partial charge is 0.472 e. The molecule has 0 aliphatic carbocycles. The van der Waals surface area contributed by atoms with Crippen LogP contribution in [0.3, 0.4) is 0 Å². The maximum absolute atomic E-state index is 13.0. The van der Waals surface area contributed by atoms with Crippen molar-refractivity contribution in [2.24, 2.45) is 0 Å². The Morgan fingerprint density at radius 3 is 2.59 bits per heavy atom. The number of H-pyrrole nitrogens is 1. The van der Waals surface area contributed by atoms with E-state index in [0.29, 0.717) is 5.82 Å². The van der Waals surface area contributed by atoms with Gasteiger partial charge in [0.1, 0.15) is 48.9 Å². The number of fused-ring (bicyclic) bond motifs is 4. The zero-order valence-electron chi connectivity index (χ0n) is 20.7. The van der Waals surface area contributed by atoms with Crippen LogP contribution in [0.15, 0.2) is 29.7 Å². The molecule has 6 heterocycles. The Bertz CT molecular complexity index is 1570. The Morgan fingerprint density at radius 1 is 1.07 bits per heavy atom. The van der Waals surface area contributed by atoms with Crippen LogP contribution < -0.4 is 16.6 Å². The molecule has 3 fully saturated rings. The van der Waals surface area contributed by atoms with Crippen LogP contribution in [-0.2, 0) is 36.7 Å². The van der Waals surface area contributed by atoms with Gasteiger partial charge in [0, 0.05) is 12.6 Å². The molecule has 41 heavy (non-hydrogen) atoms. The predicted octanol–water partition coefficient (Wildman–Crippen LogP) is -1.00. The van der Waals surface area contributed by atoms with E-state index < -0.39 is 77.4 Å². The number of ether oxygens (including phenoxy) is 2. The van der Waals surface area contributed by atoms with E-state index >= 15 is 0 Å². The van der Waals surface area contributed by atoms with Crippen molar-refractivity contribution >= 4 is 38.6 Å². The van der Waals surface area contributed by atoms with Crippen LogP contribution in [0.5, 0.6) is 0 Å². The molecule has 3 saturated heterocycles. The number of aromatic amines is 1. The first kappa shape index (κ1) is 28.3. The van der Waals surface area contributed by atoms with Crippen molar-refractivity contribution in [2.75, 3.05) is 24.3 Å². The number of imidazole rings is 1. The molecule has 22 heteroatoms. The first-order chi connectivity index (χ1) is 19.5. The summed E-state index contributed by atoms with van der Waals surface area (Å²) in [6.07, 6.45) is -5.29. The second-order valence-corrected chi connectivity index (χ2v) is 12.0. The highest BCUT2D eigenvalue weighted by Crippen LogP contribution is 2.53.